The van der Waals surface area contributed by atoms with Crippen LogP contribution in [0.25, 0.3) is 43.8 Å². The number of hydrogen-bond acceptors (Lipinski definition) is 2. The summed E-state index contributed by atoms with van der Waals surface area (Å²) < 4.78 is 0. The van der Waals surface area contributed by atoms with E-state index in [1.54, 1.807) is 0 Å². The van der Waals surface area contributed by atoms with Crippen LogP contribution in [0.1, 0.15) is 22.3 Å². The number of rotatable bonds is 7. The van der Waals surface area contributed by atoms with Crippen LogP contribution in [0.2, 0.25) is 0 Å². The topological polar surface area (TPSA) is 3.24 Å². The van der Waals surface area contributed by atoms with Gasteiger partial charge in [0.15, 0.2) is 8.07 Å². The van der Waals surface area contributed by atoms with Crippen LogP contribution in [-0.2, 0) is 5.41 Å². The summed E-state index contributed by atoms with van der Waals surface area (Å²) in [6, 6.07) is 107. The number of fused-ring (bicyclic) bond motifs is 10. The van der Waals surface area contributed by atoms with Crippen molar-refractivity contribution in [2.45, 2.75) is 15.2 Å². The minimum Gasteiger partial charge on any atom is -0.309 e. The third kappa shape index (κ3) is 6.34. The normalized spacial score (nSPS) is 13.7. The molecule has 0 aliphatic carbocycles. The van der Waals surface area contributed by atoms with E-state index in [1.165, 1.54) is 96.6 Å². The lowest BCUT2D eigenvalue weighted by Crippen LogP contribution is -2.79. The molecule has 2 heterocycles. The second kappa shape index (κ2) is 17.1. The first-order chi connectivity index (χ1) is 35.7. The molecule has 12 aromatic rings. The molecule has 0 bridgehead atoms. The molecular weight excluding hydrogens is 903 g/mol. The summed E-state index contributed by atoms with van der Waals surface area (Å²) >= 11 is 1.91. The number of hydrogen-bond donors (Lipinski definition) is 0. The van der Waals surface area contributed by atoms with Crippen molar-refractivity contribution < 1.29 is 0 Å². The van der Waals surface area contributed by atoms with E-state index in [-0.39, 0.29) is 0 Å². The van der Waals surface area contributed by atoms with Gasteiger partial charge in [0.05, 0.1) is 16.8 Å². The summed E-state index contributed by atoms with van der Waals surface area (Å²) in [6.07, 6.45) is 0. The van der Waals surface area contributed by atoms with E-state index in [0.29, 0.717) is 0 Å². The van der Waals surface area contributed by atoms with E-state index < -0.39 is 13.5 Å². The fraction of sp³-hybridized carbons (Fsp3) is 0.0145. The van der Waals surface area contributed by atoms with Gasteiger partial charge < -0.3 is 4.90 Å². The molecule has 2 aliphatic rings. The second-order valence-corrected chi connectivity index (χ2v) is 23.9. The molecule has 2 aliphatic heterocycles. The third-order valence-corrected chi connectivity index (χ3v) is 21.5. The molecule has 1 spiro atoms. The molecular formula is C69H47NSSi. The fourth-order valence-corrected chi connectivity index (χ4v) is 19.0. The van der Waals surface area contributed by atoms with Gasteiger partial charge in [-0.25, -0.2) is 0 Å². The van der Waals surface area contributed by atoms with Gasteiger partial charge in [-0.15, -0.1) is 0 Å². The van der Waals surface area contributed by atoms with Crippen molar-refractivity contribution in [1.29, 1.82) is 0 Å². The molecule has 0 amide bonds. The lowest BCUT2D eigenvalue weighted by atomic mass is 9.64. The van der Waals surface area contributed by atoms with Crippen LogP contribution in [0.5, 0.6) is 0 Å². The van der Waals surface area contributed by atoms with Crippen molar-refractivity contribution in [3.63, 3.8) is 0 Å². The van der Waals surface area contributed by atoms with Gasteiger partial charge in [-0.05, 0) is 118 Å². The number of anilines is 3. The summed E-state index contributed by atoms with van der Waals surface area (Å²) in [5.74, 6) is 0. The minimum atomic E-state index is -2.87. The van der Waals surface area contributed by atoms with Crippen LogP contribution in [0.4, 0.5) is 17.1 Å². The van der Waals surface area contributed by atoms with Gasteiger partial charge in [0.1, 0.15) is 0 Å². The van der Waals surface area contributed by atoms with Gasteiger partial charge in [0.2, 0.25) is 0 Å². The largest absolute Gasteiger partial charge is 0.309 e. The van der Waals surface area contributed by atoms with Crippen molar-refractivity contribution >= 4 is 79.2 Å². The smallest absolute Gasteiger partial charge is 0.180 e. The van der Waals surface area contributed by atoms with Crippen LogP contribution >= 0.6 is 11.8 Å². The average molecular weight is 950 g/mol. The maximum absolute atomic E-state index is 2.87. The van der Waals surface area contributed by atoms with Crippen molar-refractivity contribution in [3.8, 4) is 22.3 Å². The molecule has 0 saturated heterocycles. The van der Waals surface area contributed by atoms with Crippen LogP contribution in [-0.4, -0.2) is 8.07 Å². The highest BCUT2D eigenvalue weighted by atomic mass is 32.2. The summed E-state index contributed by atoms with van der Waals surface area (Å²) in [6.45, 7) is 0. The highest BCUT2D eigenvalue weighted by Gasteiger charge is 2.57. The van der Waals surface area contributed by atoms with E-state index in [0.717, 1.165) is 17.1 Å². The van der Waals surface area contributed by atoms with Crippen molar-refractivity contribution in [2.24, 2.45) is 0 Å². The molecule has 0 radical (unpaired) electrons. The van der Waals surface area contributed by atoms with Gasteiger partial charge >= 0.3 is 0 Å². The van der Waals surface area contributed by atoms with E-state index >= 15 is 0 Å². The molecule has 3 heteroatoms. The van der Waals surface area contributed by atoms with Gasteiger partial charge in [-0.2, -0.15) is 0 Å². The lowest BCUT2D eigenvalue weighted by molar-refractivity contribution is 0.707. The van der Waals surface area contributed by atoms with Crippen molar-refractivity contribution in [2.75, 3.05) is 4.90 Å². The van der Waals surface area contributed by atoms with E-state index in [4.69, 9.17) is 0 Å². The Hall–Kier alpha value is -8.47. The zero-order valence-electron chi connectivity index (χ0n) is 39.5. The molecule has 0 N–H and O–H groups in total. The minimum absolute atomic E-state index is 0.590. The Balaban J connectivity index is 1.00. The molecule has 0 atom stereocenters. The summed E-state index contributed by atoms with van der Waals surface area (Å²) in [5, 5.41) is 10.5. The predicted molar refractivity (Wildman–Crippen MR) is 307 cm³/mol. The van der Waals surface area contributed by atoms with Crippen molar-refractivity contribution in [1.82, 2.24) is 0 Å². The maximum Gasteiger partial charge on any atom is 0.180 e. The lowest BCUT2D eigenvalue weighted by Gasteiger charge is -2.51. The van der Waals surface area contributed by atoms with Gasteiger partial charge in [-0.1, -0.05) is 254 Å². The first-order valence-electron chi connectivity index (χ1n) is 24.9. The van der Waals surface area contributed by atoms with Crippen LogP contribution < -0.4 is 25.6 Å². The summed E-state index contributed by atoms with van der Waals surface area (Å²) in [5.41, 5.74) is 13.0. The van der Waals surface area contributed by atoms with Crippen molar-refractivity contribution in [3.05, 3.63) is 307 Å². The van der Waals surface area contributed by atoms with Gasteiger partial charge in [0, 0.05) is 26.3 Å². The number of nitrogens with zero attached hydrogens (tertiary/aromatic N) is 1. The zero-order chi connectivity index (χ0) is 47.6. The van der Waals surface area contributed by atoms with Gasteiger partial charge in [-0.3, -0.25) is 0 Å². The first-order valence-corrected chi connectivity index (χ1v) is 27.7. The average Bonchev–Trinajstić information content (AvgIpc) is 3.46. The Morgan fingerprint density at radius 2 is 0.819 bits per heavy atom. The second-order valence-electron chi connectivity index (χ2n) is 19.1. The Labute approximate surface area is 426 Å². The third-order valence-electron chi connectivity index (χ3n) is 15.5. The summed E-state index contributed by atoms with van der Waals surface area (Å²) in [4.78, 5) is 5.05. The first kappa shape index (κ1) is 42.4. The van der Waals surface area contributed by atoms with Crippen LogP contribution in [0, 0.1) is 0 Å². The molecule has 12 aromatic carbocycles. The number of benzene rings is 12. The summed E-state index contributed by atoms with van der Waals surface area (Å²) in [7, 11) is -2.87. The Morgan fingerprint density at radius 3 is 1.51 bits per heavy atom. The monoisotopic (exact) mass is 949 g/mol. The van der Waals surface area contributed by atoms with Crippen LogP contribution in [0.15, 0.2) is 295 Å². The quantitative estimate of drug-likeness (QED) is 0.147. The molecule has 1 nitrogen and oxygen atoms in total. The molecule has 0 aromatic heterocycles. The molecule has 14 rings (SSSR count). The molecule has 0 unspecified atom stereocenters. The van der Waals surface area contributed by atoms with E-state index in [1.807, 2.05) is 11.8 Å². The Bertz CT molecular complexity index is 3920. The Morgan fingerprint density at radius 1 is 0.319 bits per heavy atom. The maximum atomic E-state index is 2.55. The van der Waals surface area contributed by atoms with Gasteiger partial charge in [0.25, 0.3) is 0 Å². The molecule has 338 valence electrons. The zero-order valence-corrected chi connectivity index (χ0v) is 41.3. The Kier molecular flexibility index (Phi) is 10.1. The molecule has 0 fully saturated rings. The standard InChI is InChI=1S/C69H47NSSi/c1-4-21-48(22-5-1)49-39-42-52(43-40-49)70(63-35-20-24-50-23-10-11-29-56(50)63)64-45-44-55(57-30-12-13-31-58(57)64)51-41-46-66-62(47-51)69(59-32-14-17-36-65(59)71-66)60-33-15-18-37-67(60)72(53-25-6-2-7-26-53,54-27-8-3-9-28-54)68-38-19-16-34-61(68)69/h1-47H. The van der Waals surface area contributed by atoms with E-state index in [9.17, 15) is 0 Å². The highest BCUT2D eigenvalue weighted by molar-refractivity contribution is 7.99. The van der Waals surface area contributed by atoms with Crippen LogP contribution in [0.3, 0.4) is 0 Å². The highest BCUT2D eigenvalue weighted by Crippen LogP contribution is 2.57. The SMILES string of the molecule is c1ccc(-c2ccc(N(c3cccc4ccccc34)c3ccc(-c4ccc5c(c4)C4(c6ccccc6S5)c5ccccc5[Si](c5ccccc5)(c5ccccc5)c5ccccc54)c4ccccc34)cc2)cc1. The fourth-order valence-electron chi connectivity index (χ4n) is 12.5. The van der Waals surface area contributed by atoms with E-state index in [2.05, 4.69) is 290 Å². The molecule has 72 heavy (non-hydrogen) atoms. The molecule has 0 saturated carbocycles. The predicted octanol–water partition coefficient (Wildman–Crippen LogP) is 15.3.